The van der Waals surface area contributed by atoms with E-state index >= 15 is 0 Å². The monoisotopic (exact) mass is 305 g/mol. The molecule has 1 N–H and O–H groups in total. The van der Waals surface area contributed by atoms with Gasteiger partial charge in [-0.1, -0.05) is 0 Å². The molecular formula is C18H15N3O2. The van der Waals surface area contributed by atoms with Gasteiger partial charge in [-0.05, 0) is 36.4 Å². The van der Waals surface area contributed by atoms with E-state index in [-0.39, 0.29) is 0 Å². The number of rotatable bonds is 4. The van der Waals surface area contributed by atoms with Crippen molar-refractivity contribution in [1.29, 1.82) is 5.26 Å². The number of aromatic nitrogens is 1. The van der Waals surface area contributed by atoms with Crippen molar-refractivity contribution in [3.05, 3.63) is 54.2 Å². The van der Waals surface area contributed by atoms with Gasteiger partial charge in [0, 0.05) is 23.3 Å². The average molecular weight is 305 g/mol. The van der Waals surface area contributed by atoms with Crippen LogP contribution >= 0.6 is 0 Å². The van der Waals surface area contributed by atoms with E-state index in [0.29, 0.717) is 5.56 Å². The van der Waals surface area contributed by atoms with Gasteiger partial charge in [0.05, 0.1) is 31.0 Å². The van der Waals surface area contributed by atoms with Gasteiger partial charge in [0.1, 0.15) is 17.6 Å². The first kappa shape index (κ1) is 14.7. The first-order chi connectivity index (χ1) is 11.2. The van der Waals surface area contributed by atoms with Gasteiger partial charge in [0.25, 0.3) is 0 Å². The lowest BCUT2D eigenvalue weighted by Gasteiger charge is -2.12. The highest BCUT2D eigenvalue weighted by molar-refractivity contribution is 5.96. The molecule has 1 aromatic heterocycles. The fourth-order valence-electron chi connectivity index (χ4n) is 2.34. The molecule has 3 aromatic rings. The molecule has 1 heterocycles. The normalized spacial score (nSPS) is 10.1. The Morgan fingerprint density at radius 1 is 1.00 bits per heavy atom. The van der Waals surface area contributed by atoms with E-state index in [2.05, 4.69) is 16.4 Å². The van der Waals surface area contributed by atoms with Crippen LogP contribution in [0.25, 0.3) is 10.9 Å². The number of benzene rings is 2. The molecule has 0 bridgehead atoms. The molecule has 3 rings (SSSR count). The molecule has 114 valence electrons. The Balaban J connectivity index is 2.08. The van der Waals surface area contributed by atoms with Crippen molar-refractivity contribution < 1.29 is 9.47 Å². The predicted molar refractivity (Wildman–Crippen MR) is 89.3 cm³/mol. The molecule has 0 saturated carbocycles. The minimum absolute atomic E-state index is 0.485. The summed E-state index contributed by atoms with van der Waals surface area (Å²) in [5.74, 6) is 1.51. The first-order valence-electron chi connectivity index (χ1n) is 7.03. The highest BCUT2D eigenvalue weighted by Crippen LogP contribution is 2.31. The summed E-state index contributed by atoms with van der Waals surface area (Å²) in [6.45, 7) is 0. The maximum atomic E-state index is 9.36. The Bertz CT molecular complexity index is 883. The molecule has 0 aliphatic rings. The second-order valence-corrected chi connectivity index (χ2v) is 4.90. The Labute approximate surface area is 134 Å². The van der Waals surface area contributed by atoms with Crippen LogP contribution in [0, 0.1) is 11.3 Å². The summed E-state index contributed by atoms with van der Waals surface area (Å²) >= 11 is 0. The van der Waals surface area contributed by atoms with Crippen LogP contribution in [0.1, 0.15) is 5.56 Å². The van der Waals surface area contributed by atoms with Gasteiger partial charge in [0.2, 0.25) is 0 Å². The zero-order valence-corrected chi connectivity index (χ0v) is 12.8. The molecule has 0 spiro atoms. The van der Waals surface area contributed by atoms with Gasteiger partial charge < -0.3 is 14.8 Å². The van der Waals surface area contributed by atoms with Crippen LogP contribution in [-0.2, 0) is 0 Å². The summed E-state index contributed by atoms with van der Waals surface area (Å²) in [5, 5.41) is 13.5. The van der Waals surface area contributed by atoms with Gasteiger partial charge in [-0.3, -0.25) is 4.98 Å². The standard InChI is InChI=1S/C18H15N3O2/c1-22-14-5-3-13(4-6-14)21-18-12(10-19)11-20-17-9-15(23-2)7-8-16(17)18/h3-9,11H,1-2H3,(H,20,21). The molecular weight excluding hydrogens is 290 g/mol. The van der Waals surface area contributed by atoms with Gasteiger partial charge in [-0.2, -0.15) is 5.26 Å². The number of anilines is 2. The zero-order valence-electron chi connectivity index (χ0n) is 12.8. The Morgan fingerprint density at radius 2 is 1.70 bits per heavy atom. The van der Waals surface area contributed by atoms with Gasteiger partial charge >= 0.3 is 0 Å². The molecule has 5 nitrogen and oxygen atoms in total. The summed E-state index contributed by atoms with van der Waals surface area (Å²) in [5.41, 5.74) is 2.84. The van der Waals surface area contributed by atoms with Crippen LogP contribution in [0.5, 0.6) is 11.5 Å². The number of hydrogen-bond donors (Lipinski definition) is 1. The molecule has 0 amide bonds. The Hall–Kier alpha value is -3.26. The van der Waals surface area contributed by atoms with E-state index in [4.69, 9.17) is 9.47 Å². The molecule has 5 heteroatoms. The Morgan fingerprint density at radius 3 is 2.35 bits per heavy atom. The topological polar surface area (TPSA) is 67.2 Å². The van der Waals surface area contributed by atoms with Crippen molar-refractivity contribution >= 4 is 22.3 Å². The number of pyridine rings is 1. The first-order valence-corrected chi connectivity index (χ1v) is 7.03. The van der Waals surface area contributed by atoms with E-state index < -0.39 is 0 Å². The van der Waals surface area contributed by atoms with E-state index in [1.165, 1.54) is 0 Å². The fourth-order valence-corrected chi connectivity index (χ4v) is 2.34. The second-order valence-electron chi connectivity index (χ2n) is 4.90. The molecule has 0 radical (unpaired) electrons. The largest absolute Gasteiger partial charge is 0.497 e. The third-order valence-electron chi connectivity index (χ3n) is 3.56. The molecule has 0 aliphatic heterocycles. The molecule has 0 aliphatic carbocycles. The highest BCUT2D eigenvalue weighted by Gasteiger charge is 2.10. The number of nitriles is 1. The van der Waals surface area contributed by atoms with Crippen LogP contribution in [-0.4, -0.2) is 19.2 Å². The lowest BCUT2D eigenvalue weighted by atomic mass is 10.1. The summed E-state index contributed by atoms with van der Waals surface area (Å²) in [6, 6.07) is 15.3. The SMILES string of the molecule is COc1ccc(Nc2c(C#N)cnc3cc(OC)ccc23)cc1. The van der Waals surface area contributed by atoms with Crippen molar-refractivity contribution in [3.8, 4) is 17.6 Å². The summed E-state index contributed by atoms with van der Waals surface area (Å²) < 4.78 is 10.4. The van der Waals surface area contributed by atoms with Crippen LogP contribution < -0.4 is 14.8 Å². The fraction of sp³-hybridized carbons (Fsp3) is 0.111. The second kappa shape index (κ2) is 6.24. The number of nitrogens with zero attached hydrogens (tertiary/aromatic N) is 2. The smallest absolute Gasteiger partial charge is 0.121 e. The molecule has 2 aromatic carbocycles. The van der Waals surface area contributed by atoms with Crippen LogP contribution in [0.2, 0.25) is 0 Å². The minimum atomic E-state index is 0.485. The maximum Gasteiger partial charge on any atom is 0.121 e. The molecule has 0 fully saturated rings. The quantitative estimate of drug-likeness (QED) is 0.792. The van der Waals surface area contributed by atoms with Crippen molar-refractivity contribution in [2.24, 2.45) is 0 Å². The number of methoxy groups -OCH3 is 2. The van der Waals surface area contributed by atoms with E-state index in [1.807, 2.05) is 42.5 Å². The van der Waals surface area contributed by atoms with Crippen molar-refractivity contribution in [2.45, 2.75) is 0 Å². The lowest BCUT2D eigenvalue weighted by molar-refractivity contribution is 0.415. The maximum absolute atomic E-state index is 9.36. The number of ether oxygens (including phenoxy) is 2. The van der Waals surface area contributed by atoms with Crippen LogP contribution in [0.4, 0.5) is 11.4 Å². The molecule has 0 unspecified atom stereocenters. The van der Waals surface area contributed by atoms with E-state index in [0.717, 1.165) is 33.8 Å². The number of fused-ring (bicyclic) bond motifs is 1. The van der Waals surface area contributed by atoms with E-state index in [1.54, 1.807) is 20.4 Å². The zero-order chi connectivity index (χ0) is 16.2. The van der Waals surface area contributed by atoms with Crippen LogP contribution in [0.3, 0.4) is 0 Å². The third kappa shape index (κ3) is 2.87. The number of hydrogen-bond acceptors (Lipinski definition) is 5. The molecule has 0 atom stereocenters. The third-order valence-corrected chi connectivity index (χ3v) is 3.56. The molecule has 0 saturated heterocycles. The lowest BCUT2D eigenvalue weighted by Crippen LogP contribution is -1.97. The van der Waals surface area contributed by atoms with Crippen molar-refractivity contribution in [1.82, 2.24) is 4.98 Å². The predicted octanol–water partition coefficient (Wildman–Crippen LogP) is 3.87. The van der Waals surface area contributed by atoms with Crippen LogP contribution in [0.15, 0.2) is 48.7 Å². The number of nitrogens with one attached hydrogen (secondary N) is 1. The average Bonchev–Trinajstić information content (AvgIpc) is 2.62. The minimum Gasteiger partial charge on any atom is -0.497 e. The van der Waals surface area contributed by atoms with Gasteiger partial charge in [-0.15, -0.1) is 0 Å². The summed E-state index contributed by atoms with van der Waals surface area (Å²) in [6.07, 6.45) is 1.56. The summed E-state index contributed by atoms with van der Waals surface area (Å²) in [4.78, 5) is 4.33. The highest BCUT2D eigenvalue weighted by atomic mass is 16.5. The summed E-state index contributed by atoms with van der Waals surface area (Å²) in [7, 11) is 3.24. The van der Waals surface area contributed by atoms with Crippen molar-refractivity contribution in [3.63, 3.8) is 0 Å². The van der Waals surface area contributed by atoms with Gasteiger partial charge in [0.15, 0.2) is 0 Å². The Kier molecular flexibility index (Phi) is 3.98. The van der Waals surface area contributed by atoms with Crippen molar-refractivity contribution in [2.75, 3.05) is 19.5 Å². The van der Waals surface area contributed by atoms with E-state index in [9.17, 15) is 5.26 Å². The molecule has 23 heavy (non-hydrogen) atoms. The van der Waals surface area contributed by atoms with Gasteiger partial charge in [-0.25, -0.2) is 0 Å².